The van der Waals surface area contributed by atoms with Crippen LogP contribution in [-0.4, -0.2) is 38.5 Å². The molecule has 2 N–H and O–H groups in total. The minimum Gasteiger partial charge on any atom is -0.369 e. The molecule has 0 bridgehead atoms. The number of carbonyl (C=O) groups excluding carboxylic acids is 1. The van der Waals surface area contributed by atoms with Crippen LogP contribution < -0.4 is 11.2 Å². The van der Waals surface area contributed by atoms with Gasteiger partial charge in [-0.2, -0.15) is 0 Å². The highest BCUT2D eigenvalue weighted by atomic mass is 16.5. The first-order valence-corrected chi connectivity index (χ1v) is 6.98. The van der Waals surface area contributed by atoms with E-state index in [1.54, 1.807) is 0 Å². The van der Waals surface area contributed by atoms with Crippen LogP contribution in [0, 0.1) is 5.92 Å². The fraction of sp³-hybridized carbons (Fsp3) is 0.533. The molecule has 1 aliphatic heterocycles. The standard InChI is InChI=1S/C15H19BN2O2/c1-10-5-15(10)8-18(6-14(17)19)9-20-7-11-2-3-12(16)4-13(11)15/h2-4,10H,5-9H2,1H3,(H2,17,19)/t10-,15-/m0/s1. The van der Waals surface area contributed by atoms with Gasteiger partial charge in [-0.15, -0.1) is 0 Å². The SMILES string of the molecule is [B]c1ccc2c(c1)[C@@]1(C[C@@H]1C)CN(CC(N)=O)COC2. The van der Waals surface area contributed by atoms with E-state index < -0.39 is 0 Å². The van der Waals surface area contributed by atoms with Gasteiger partial charge in [0.2, 0.25) is 5.91 Å². The van der Waals surface area contributed by atoms with E-state index in [0.717, 1.165) is 18.4 Å². The van der Waals surface area contributed by atoms with Gasteiger partial charge in [0.05, 0.1) is 19.9 Å². The summed E-state index contributed by atoms with van der Waals surface area (Å²) in [6.07, 6.45) is 1.12. The molecule has 2 aliphatic rings. The number of fused-ring (bicyclic) bond motifs is 2. The first-order chi connectivity index (χ1) is 9.51. The van der Waals surface area contributed by atoms with Crippen molar-refractivity contribution < 1.29 is 9.53 Å². The predicted molar refractivity (Wildman–Crippen MR) is 77.7 cm³/mol. The Hall–Kier alpha value is -1.33. The van der Waals surface area contributed by atoms with Crippen LogP contribution in [0.1, 0.15) is 24.5 Å². The first kappa shape index (κ1) is 13.6. The van der Waals surface area contributed by atoms with Gasteiger partial charge in [-0.1, -0.05) is 30.6 Å². The summed E-state index contributed by atoms with van der Waals surface area (Å²) in [7, 11) is 5.95. The van der Waals surface area contributed by atoms with Gasteiger partial charge in [-0.05, 0) is 23.5 Å². The van der Waals surface area contributed by atoms with E-state index >= 15 is 0 Å². The summed E-state index contributed by atoms with van der Waals surface area (Å²) in [4.78, 5) is 13.2. The highest BCUT2D eigenvalue weighted by Crippen LogP contribution is 2.55. The lowest BCUT2D eigenvalue weighted by atomic mass is 9.83. The second-order valence-corrected chi connectivity index (χ2v) is 6.11. The first-order valence-electron chi connectivity index (χ1n) is 6.98. The second-order valence-electron chi connectivity index (χ2n) is 6.11. The maximum Gasteiger partial charge on any atom is 0.231 e. The number of rotatable bonds is 2. The van der Waals surface area contributed by atoms with Gasteiger partial charge in [0.1, 0.15) is 7.85 Å². The van der Waals surface area contributed by atoms with Crippen molar-refractivity contribution in [3.05, 3.63) is 29.3 Å². The van der Waals surface area contributed by atoms with Crippen LogP contribution in [0.5, 0.6) is 0 Å². The molecule has 1 fully saturated rings. The minimum absolute atomic E-state index is 0.101. The molecule has 1 heterocycles. The third-order valence-corrected chi connectivity index (χ3v) is 4.54. The van der Waals surface area contributed by atoms with Crippen molar-refractivity contribution in [2.24, 2.45) is 11.7 Å². The second kappa shape index (κ2) is 4.90. The van der Waals surface area contributed by atoms with Crippen LogP contribution in [0.15, 0.2) is 18.2 Å². The van der Waals surface area contributed by atoms with Gasteiger partial charge < -0.3 is 10.5 Å². The quantitative estimate of drug-likeness (QED) is 0.772. The smallest absolute Gasteiger partial charge is 0.231 e. The van der Waals surface area contributed by atoms with E-state index in [-0.39, 0.29) is 17.9 Å². The molecule has 2 radical (unpaired) electrons. The van der Waals surface area contributed by atoms with Crippen molar-refractivity contribution in [3.63, 3.8) is 0 Å². The highest BCUT2D eigenvalue weighted by Gasteiger charge is 2.54. The van der Waals surface area contributed by atoms with Crippen LogP contribution in [0.25, 0.3) is 0 Å². The van der Waals surface area contributed by atoms with Crippen molar-refractivity contribution in [2.75, 3.05) is 19.8 Å². The topological polar surface area (TPSA) is 55.6 Å². The molecule has 4 nitrogen and oxygen atoms in total. The Morgan fingerprint density at radius 2 is 2.35 bits per heavy atom. The zero-order valence-corrected chi connectivity index (χ0v) is 11.8. The molecule has 1 spiro atoms. The van der Waals surface area contributed by atoms with Crippen molar-refractivity contribution in [2.45, 2.75) is 25.4 Å². The van der Waals surface area contributed by atoms with Crippen LogP contribution in [-0.2, 0) is 21.6 Å². The van der Waals surface area contributed by atoms with Crippen molar-refractivity contribution in [1.29, 1.82) is 0 Å². The summed E-state index contributed by atoms with van der Waals surface area (Å²) in [6.45, 7) is 4.29. The molecule has 104 valence electrons. The highest BCUT2D eigenvalue weighted by molar-refractivity contribution is 6.32. The van der Waals surface area contributed by atoms with Crippen molar-refractivity contribution >= 4 is 19.2 Å². The van der Waals surface area contributed by atoms with Gasteiger partial charge in [-0.3, -0.25) is 9.69 Å². The number of hydrogen-bond acceptors (Lipinski definition) is 3. The number of hydrogen-bond donors (Lipinski definition) is 1. The van der Waals surface area contributed by atoms with Crippen LogP contribution >= 0.6 is 0 Å². The molecular formula is C15H19BN2O2. The van der Waals surface area contributed by atoms with E-state index in [1.807, 2.05) is 11.0 Å². The van der Waals surface area contributed by atoms with Gasteiger partial charge >= 0.3 is 0 Å². The predicted octanol–water partition coefficient (Wildman–Crippen LogP) is 0.0330. The molecule has 1 aliphatic carbocycles. The van der Waals surface area contributed by atoms with E-state index in [1.165, 1.54) is 11.1 Å². The molecule has 3 rings (SSSR count). The third kappa shape index (κ3) is 2.36. The molecule has 0 aromatic heterocycles. The normalized spacial score (nSPS) is 29.6. The number of nitrogens with two attached hydrogens (primary N) is 1. The molecule has 2 atom stereocenters. The Bertz CT molecular complexity index is 549. The third-order valence-electron chi connectivity index (χ3n) is 4.54. The summed E-state index contributed by atoms with van der Waals surface area (Å²) in [5.41, 5.74) is 8.69. The molecule has 1 amide bonds. The molecular weight excluding hydrogens is 251 g/mol. The Balaban J connectivity index is 1.95. The molecule has 1 aromatic rings. The summed E-state index contributed by atoms with van der Waals surface area (Å²) in [5, 5.41) is 0. The van der Waals surface area contributed by atoms with Crippen LogP contribution in [0.3, 0.4) is 0 Å². The Labute approximate surface area is 120 Å². The number of primary amides is 1. The van der Waals surface area contributed by atoms with E-state index in [9.17, 15) is 4.79 Å². The molecule has 1 aromatic carbocycles. The summed E-state index contributed by atoms with van der Waals surface area (Å²) in [6, 6.07) is 6.04. The molecule has 1 saturated carbocycles. The van der Waals surface area contributed by atoms with Crippen LogP contribution in [0.4, 0.5) is 0 Å². The largest absolute Gasteiger partial charge is 0.369 e. The fourth-order valence-corrected chi connectivity index (χ4v) is 3.40. The van der Waals surface area contributed by atoms with Crippen molar-refractivity contribution in [3.8, 4) is 0 Å². The monoisotopic (exact) mass is 270 g/mol. The molecule has 20 heavy (non-hydrogen) atoms. The zero-order valence-electron chi connectivity index (χ0n) is 11.8. The lowest BCUT2D eigenvalue weighted by molar-refractivity contribution is -0.121. The summed E-state index contributed by atoms with van der Waals surface area (Å²) < 4.78 is 5.69. The van der Waals surface area contributed by atoms with Gasteiger partial charge in [0.25, 0.3) is 0 Å². The average molecular weight is 270 g/mol. The van der Waals surface area contributed by atoms with E-state index in [2.05, 4.69) is 19.1 Å². The maximum atomic E-state index is 11.2. The van der Waals surface area contributed by atoms with Crippen molar-refractivity contribution in [1.82, 2.24) is 4.90 Å². The Kier molecular flexibility index (Phi) is 3.34. The van der Waals surface area contributed by atoms with E-state index in [0.29, 0.717) is 19.3 Å². The van der Waals surface area contributed by atoms with Gasteiger partial charge in [0.15, 0.2) is 0 Å². The van der Waals surface area contributed by atoms with E-state index in [4.69, 9.17) is 18.3 Å². The molecule has 0 saturated heterocycles. The molecule has 5 heteroatoms. The summed E-state index contributed by atoms with van der Waals surface area (Å²) in [5.74, 6) is 0.280. The van der Waals surface area contributed by atoms with Gasteiger partial charge in [-0.25, -0.2) is 0 Å². The lowest BCUT2D eigenvalue weighted by Gasteiger charge is -2.32. The number of ether oxygens (including phenoxy) is 1. The summed E-state index contributed by atoms with van der Waals surface area (Å²) >= 11 is 0. The molecule has 0 unspecified atom stereocenters. The zero-order chi connectivity index (χ0) is 14.3. The number of amides is 1. The number of benzene rings is 1. The lowest BCUT2D eigenvalue weighted by Crippen LogP contribution is -2.42. The average Bonchev–Trinajstić information content (AvgIpc) is 3.00. The van der Waals surface area contributed by atoms with Gasteiger partial charge in [0, 0.05) is 12.0 Å². The maximum absolute atomic E-state index is 11.2. The fourth-order valence-electron chi connectivity index (χ4n) is 3.40. The number of carbonyl (C=O) groups is 1. The van der Waals surface area contributed by atoms with Crippen LogP contribution in [0.2, 0.25) is 0 Å². The minimum atomic E-state index is -0.314. The Morgan fingerprint density at radius 3 is 3.00 bits per heavy atom. The Morgan fingerprint density at radius 1 is 1.60 bits per heavy atom. The number of nitrogens with zero attached hydrogens (tertiary/aromatic N) is 1.